The van der Waals surface area contributed by atoms with Crippen LogP contribution in [0.1, 0.15) is 65.7 Å². The van der Waals surface area contributed by atoms with E-state index in [1.807, 2.05) is 27.9 Å². The van der Waals surface area contributed by atoms with Gasteiger partial charge >= 0.3 is 0 Å². The minimum Gasteiger partial charge on any atom is -0.355 e. The summed E-state index contributed by atoms with van der Waals surface area (Å²) in [5.41, 5.74) is 2.53. The Hall–Kier alpha value is -2.15. The van der Waals surface area contributed by atoms with Crippen LogP contribution >= 0.6 is 0 Å². The molecule has 1 saturated heterocycles. The van der Waals surface area contributed by atoms with Gasteiger partial charge in [0.2, 0.25) is 5.91 Å². The normalized spacial score (nSPS) is 15.7. The number of nitrogens with zero attached hydrogens (tertiary/aromatic N) is 2. The van der Waals surface area contributed by atoms with Gasteiger partial charge in [-0.05, 0) is 58.7 Å². The summed E-state index contributed by atoms with van der Waals surface area (Å²) < 4.78 is 0. The van der Waals surface area contributed by atoms with Gasteiger partial charge in [0, 0.05) is 43.4 Å². The summed E-state index contributed by atoms with van der Waals surface area (Å²) in [6, 6.07) is 0. The first-order chi connectivity index (χ1) is 13.4. The maximum Gasteiger partial charge on any atom is 0.270 e. The number of hydrogen-bond acceptors (Lipinski definition) is 4. The van der Waals surface area contributed by atoms with Crippen LogP contribution in [0.4, 0.5) is 0 Å². The predicted octanol–water partition coefficient (Wildman–Crippen LogP) is 2.39. The molecule has 0 saturated carbocycles. The largest absolute Gasteiger partial charge is 0.355 e. The molecule has 0 atom stereocenters. The summed E-state index contributed by atoms with van der Waals surface area (Å²) in [4.78, 5) is 44.3. The van der Waals surface area contributed by atoms with Crippen LogP contribution in [0.5, 0.6) is 0 Å². The van der Waals surface area contributed by atoms with Crippen LogP contribution in [0.15, 0.2) is 0 Å². The van der Waals surface area contributed by atoms with Crippen molar-refractivity contribution in [2.75, 3.05) is 40.3 Å². The molecule has 162 valence electrons. The number of aromatic nitrogens is 1. The Bertz CT molecular complexity index is 771. The number of carbonyl (C=O) groups is 3. The Morgan fingerprint density at radius 2 is 1.76 bits per heavy atom. The van der Waals surface area contributed by atoms with Gasteiger partial charge in [0.05, 0.1) is 0 Å². The molecule has 1 fully saturated rings. The van der Waals surface area contributed by atoms with Gasteiger partial charge in [0.1, 0.15) is 5.69 Å². The standard InChI is InChI=1S/C22H36N4O3/c1-14-18(16(3)27)15(2)24-19(14)21(29)26-10-8-17(9-11-26)20(28)23-12-22(4,5)13-25(6)7/h17,24H,8-13H2,1-7H3,(H,23,28). The Morgan fingerprint density at radius 3 is 2.24 bits per heavy atom. The lowest BCUT2D eigenvalue weighted by Gasteiger charge is -2.33. The Balaban J connectivity index is 1.92. The minimum atomic E-state index is -0.0934. The van der Waals surface area contributed by atoms with Crippen LogP contribution in [-0.2, 0) is 4.79 Å². The second-order valence-corrected chi connectivity index (χ2v) is 9.37. The topological polar surface area (TPSA) is 85.5 Å². The number of aromatic amines is 1. The molecule has 7 heteroatoms. The van der Waals surface area contributed by atoms with E-state index in [1.54, 1.807) is 4.90 Å². The number of nitrogens with one attached hydrogen (secondary N) is 2. The Morgan fingerprint density at radius 1 is 1.17 bits per heavy atom. The molecule has 0 radical (unpaired) electrons. The van der Waals surface area contributed by atoms with Crippen molar-refractivity contribution in [2.45, 2.75) is 47.5 Å². The lowest BCUT2D eigenvalue weighted by molar-refractivity contribution is -0.126. The van der Waals surface area contributed by atoms with E-state index in [0.717, 1.165) is 12.2 Å². The van der Waals surface area contributed by atoms with E-state index >= 15 is 0 Å². The molecule has 0 aliphatic carbocycles. The number of rotatable bonds is 7. The predicted molar refractivity (Wildman–Crippen MR) is 114 cm³/mol. The molecule has 0 bridgehead atoms. The van der Waals surface area contributed by atoms with Gasteiger partial charge in [-0.2, -0.15) is 0 Å². The number of Topliss-reactive ketones (excluding diaryl/α,β-unsaturated/α-hetero) is 1. The molecule has 0 aromatic carbocycles. The van der Waals surface area contributed by atoms with Crippen molar-refractivity contribution in [3.05, 3.63) is 22.5 Å². The Kier molecular flexibility index (Phi) is 7.27. The van der Waals surface area contributed by atoms with Gasteiger partial charge in [0.25, 0.3) is 5.91 Å². The summed E-state index contributed by atoms with van der Waals surface area (Å²) in [5, 5.41) is 3.09. The molecule has 1 aromatic rings. The zero-order valence-corrected chi connectivity index (χ0v) is 18.9. The number of ketones is 1. The highest BCUT2D eigenvalue weighted by atomic mass is 16.2. The van der Waals surface area contributed by atoms with Gasteiger partial charge in [-0.1, -0.05) is 13.8 Å². The SMILES string of the molecule is CC(=O)c1c(C)[nH]c(C(=O)N2CCC(C(=O)NCC(C)(C)CN(C)C)CC2)c1C. The van der Waals surface area contributed by atoms with Crippen LogP contribution in [-0.4, -0.2) is 72.7 Å². The van der Waals surface area contributed by atoms with Crippen LogP contribution in [0.25, 0.3) is 0 Å². The number of amides is 2. The molecule has 2 heterocycles. The van der Waals surface area contributed by atoms with Crippen molar-refractivity contribution in [3.8, 4) is 0 Å². The molecule has 0 unspecified atom stereocenters. The minimum absolute atomic E-state index is 0.00719. The number of carbonyl (C=O) groups excluding carboxylic acids is 3. The fraction of sp³-hybridized carbons (Fsp3) is 0.682. The molecule has 2 amide bonds. The first kappa shape index (κ1) is 23.1. The summed E-state index contributed by atoms with van der Waals surface area (Å²) in [6.45, 7) is 12.1. The van der Waals surface area contributed by atoms with E-state index in [0.29, 0.717) is 49.3 Å². The number of piperidine rings is 1. The van der Waals surface area contributed by atoms with Crippen LogP contribution in [0.2, 0.25) is 0 Å². The number of hydrogen-bond donors (Lipinski definition) is 2. The highest BCUT2D eigenvalue weighted by Gasteiger charge is 2.31. The Labute approximate surface area is 174 Å². The van der Waals surface area contributed by atoms with E-state index in [2.05, 4.69) is 29.0 Å². The molecule has 1 aliphatic heterocycles. The van der Waals surface area contributed by atoms with E-state index in [-0.39, 0.29) is 28.9 Å². The maximum atomic E-state index is 12.9. The molecular formula is C22H36N4O3. The van der Waals surface area contributed by atoms with Gasteiger partial charge in [0.15, 0.2) is 5.78 Å². The van der Waals surface area contributed by atoms with Crippen molar-refractivity contribution in [2.24, 2.45) is 11.3 Å². The summed E-state index contributed by atoms with van der Waals surface area (Å²) >= 11 is 0. The van der Waals surface area contributed by atoms with Crippen LogP contribution in [0.3, 0.4) is 0 Å². The van der Waals surface area contributed by atoms with Crippen molar-refractivity contribution in [3.63, 3.8) is 0 Å². The second-order valence-electron chi connectivity index (χ2n) is 9.37. The number of aryl methyl sites for hydroxylation is 1. The van der Waals surface area contributed by atoms with E-state index in [1.165, 1.54) is 6.92 Å². The third-order valence-electron chi connectivity index (χ3n) is 5.64. The zero-order chi connectivity index (χ0) is 21.9. The van der Waals surface area contributed by atoms with E-state index < -0.39 is 0 Å². The molecule has 29 heavy (non-hydrogen) atoms. The fourth-order valence-corrected chi connectivity index (χ4v) is 4.38. The van der Waals surface area contributed by atoms with Gasteiger partial charge in [-0.25, -0.2) is 0 Å². The highest BCUT2D eigenvalue weighted by Crippen LogP contribution is 2.24. The zero-order valence-electron chi connectivity index (χ0n) is 18.9. The first-order valence-electron chi connectivity index (χ1n) is 10.3. The third kappa shape index (κ3) is 5.69. The monoisotopic (exact) mass is 404 g/mol. The van der Waals surface area contributed by atoms with E-state index in [4.69, 9.17) is 0 Å². The van der Waals surface area contributed by atoms with Crippen molar-refractivity contribution >= 4 is 17.6 Å². The third-order valence-corrected chi connectivity index (χ3v) is 5.64. The quantitative estimate of drug-likeness (QED) is 0.684. The summed E-state index contributed by atoms with van der Waals surface area (Å²) in [6.07, 6.45) is 1.31. The molecule has 2 N–H and O–H groups in total. The average Bonchev–Trinajstić information content (AvgIpc) is 2.92. The maximum absolute atomic E-state index is 12.9. The average molecular weight is 405 g/mol. The van der Waals surface area contributed by atoms with Crippen LogP contribution in [0, 0.1) is 25.2 Å². The summed E-state index contributed by atoms with van der Waals surface area (Å²) in [7, 11) is 4.06. The van der Waals surface area contributed by atoms with Crippen LogP contribution < -0.4 is 5.32 Å². The number of H-pyrrole nitrogens is 1. The van der Waals surface area contributed by atoms with Crippen molar-refractivity contribution in [1.29, 1.82) is 0 Å². The van der Waals surface area contributed by atoms with Crippen molar-refractivity contribution < 1.29 is 14.4 Å². The lowest BCUT2D eigenvalue weighted by atomic mass is 9.91. The smallest absolute Gasteiger partial charge is 0.270 e. The number of likely N-dealkylation sites (tertiary alicyclic amines) is 1. The molecule has 1 aromatic heterocycles. The van der Waals surface area contributed by atoms with Gasteiger partial charge in [-0.3, -0.25) is 14.4 Å². The second kappa shape index (κ2) is 9.11. The molecule has 0 spiro atoms. The highest BCUT2D eigenvalue weighted by molar-refractivity contribution is 6.02. The van der Waals surface area contributed by atoms with Crippen molar-refractivity contribution in [1.82, 2.24) is 20.1 Å². The molecule has 7 nitrogen and oxygen atoms in total. The first-order valence-corrected chi connectivity index (χ1v) is 10.3. The molecule has 1 aliphatic rings. The van der Waals surface area contributed by atoms with E-state index in [9.17, 15) is 14.4 Å². The summed E-state index contributed by atoms with van der Waals surface area (Å²) in [5.74, 6) is -0.116. The molecular weight excluding hydrogens is 368 g/mol. The van der Waals surface area contributed by atoms with Gasteiger partial charge in [-0.15, -0.1) is 0 Å². The van der Waals surface area contributed by atoms with Gasteiger partial charge < -0.3 is 20.1 Å². The molecule has 2 rings (SSSR count). The lowest BCUT2D eigenvalue weighted by Crippen LogP contribution is -2.46. The fourth-order valence-electron chi connectivity index (χ4n) is 4.38.